The van der Waals surface area contributed by atoms with Crippen molar-refractivity contribution >= 4 is 30.3 Å². The minimum absolute atomic E-state index is 0.629. The zero-order valence-electron chi connectivity index (χ0n) is 7.33. The Morgan fingerprint density at radius 1 is 1.54 bits per heavy atom. The third kappa shape index (κ3) is 2.98. The molecule has 1 aromatic carbocycles. The quantitative estimate of drug-likeness (QED) is 0.760. The molecule has 1 rings (SSSR count). The Hall–Kier alpha value is -0.600. The normalized spacial score (nSPS) is 10.7. The molecule has 70 valence electrons. The molecule has 3 heteroatoms. The summed E-state index contributed by atoms with van der Waals surface area (Å²) < 4.78 is 5.03. The summed E-state index contributed by atoms with van der Waals surface area (Å²) in [5.74, 6) is 1.42. The molecule has 0 fully saturated rings. The summed E-state index contributed by atoms with van der Waals surface area (Å²) in [5.41, 5.74) is 1.06. The van der Waals surface area contributed by atoms with Gasteiger partial charge in [-0.1, -0.05) is 29.8 Å². The van der Waals surface area contributed by atoms with Crippen molar-refractivity contribution in [2.75, 3.05) is 12.9 Å². The highest BCUT2D eigenvalue weighted by Gasteiger charge is 1.98. The number of benzene rings is 1. The highest BCUT2D eigenvalue weighted by molar-refractivity contribution is 7.80. The largest absolute Gasteiger partial charge is 0.495 e. The lowest BCUT2D eigenvalue weighted by Gasteiger charge is -2.02. The standard InChI is InChI=1S/C10H11ClOS/c1-12-10-5-4-8(3-2-6-13)7-9(10)11/h2-5,7,13H,6H2,1H3. The molecule has 0 saturated heterocycles. The summed E-state index contributed by atoms with van der Waals surface area (Å²) in [6, 6.07) is 5.66. The number of hydrogen-bond donors (Lipinski definition) is 1. The second-order valence-electron chi connectivity index (χ2n) is 2.48. The van der Waals surface area contributed by atoms with Gasteiger partial charge in [-0.3, -0.25) is 0 Å². The van der Waals surface area contributed by atoms with Gasteiger partial charge in [-0.2, -0.15) is 12.6 Å². The van der Waals surface area contributed by atoms with E-state index in [2.05, 4.69) is 12.6 Å². The fourth-order valence-corrected chi connectivity index (χ4v) is 1.35. The van der Waals surface area contributed by atoms with Crippen LogP contribution in [-0.2, 0) is 0 Å². The number of hydrogen-bond acceptors (Lipinski definition) is 2. The maximum atomic E-state index is 5.93. The summed E-state index contributed by atoms with van der Waals surface area (Å²) in [6.07, 6.45) is 3.93. The van der Waals surface area contributed by atoms with E-state index in [1.54, 1.807) is 7.11 Å². The molecule has 13 heavy (non-hydrogen) atoms. The fraction of sp³-hybridized carbons (Fsp3) is 0.200. The third-order valence-corrected chi connectivity index (χ3v) is 2.10. The van der Waals surface area contributed by atoms with Crippen molar-refractivity contribution in [3.05, 3.63) is 34.9 Å². The topological polar surface area (TPSA) is 9.23 Å². The summed E-state index contributed by atoms with van der Waals surface area (Å²) in [4.78, 5) is 0. The van der Waals surface area contributed by atoms with Crippen molar-refractivity contribution in [3.63, 3.8) is 0 Å². The smallest absolute Gasteiger partial charge is 0.137 e. The maximum Gasteiger partial charge on any atom is 0.137 e. The molecule has 0 heterocycles. The van der Waals surface area contributed by atoms with Crippen LogP contribution in [0.25, 0.3) is 6.08 Å². The molecule has 0 aliphatic heterocycles. The Labute approximate surface area is 88.8 Å². The van der Waals surface area contributed by atoms with E-state index in [1.807, 2.05) is 30.4 Å². The van der Waals surface area contributed by atoms with E-state index >= 15 is 0 Å². The fourth-order valence-electron chi connectivity index (χ4n) is 0.975. The van der Waals surface area contributed by atoms with E-state index in [9.17, 15) is 0 Å². The van der Waals surface area contributed by atoms with Crippen LogP contribution in [0.3, 0.4) is 0 Å². The van der Waals surface area contributed by atoms with Gasteiger partial charge < -0.3 is 4.74 Å². The maximum absolute atomic E-state index is 5.93. The van der Waals surface area contributed by atoms with Crippen molar-refractivity contribution in [2.45, 2.75) is 0 Å². The van der Waals surface area contributed by atoms with Gasteiger partial charge in [-0.05, 0) is 17.7 Å². The summed E-state index contributed by atoms with van der Waals surface area (Å²) >= 11 is 10.0. The summed E-state index contributed by atoms with van der Waals surface area (Å²) in [5, 5.41) is 0.629. The highest BCUT2D eigenvalue weighted by Crippen LogP contribution is 2.25. The second kappa shape index (κ2) is 5.20. The number of rotatable bonds is 3. The van der Waals surface area contributed by atoms with Gasteiger partial charge in [0, 0.05) is 5.75 Å². The molecule has 0 radical (unpaired) electrons. The molecule has 0 bridgehead atoms. The van der Waals surface area contributed by atoms with Crippen LogP contribution >= 0.6 is 24.2 Å². The average molecular weight is 215 g/mol. The third-order valence-electron chi connectivity index (χ3n) is 1.59. The van der Waals surface area contributed by atoms with E-state index in [0.717, 1.165) is 11.3 Å². The van der Waals surface area contributed by atoms with Gasteiger partial charge in [0.2, 0.25) is 0 Å². The molecule has 0 N–H and O–H groups in total. The predicted molar refractivity (Wildman–Crippen MR) is 60.9 cm³/mol. The Balaban J connectivity index is 2.89. The number of methoxy groups -OCH3 is 1. The monoisotopic (exact) mass is 214 g/mol. The molecule has 0 aliphatic rings. The van der Waals surface area contributed by atoms with E-state index in [4.69, 9.17) is 16.3 Å². The van der Waals surface area contributed by atoms with E-state index in [-0.39, 0.29) is 0 Å². The van der Waals surface area contributed by atoms with Crippen LogP contribution in [0, 0.1) is 0 Å². The van der Waals surface area contributed by atoms with Gasteiger partial charge in [0.05, 0.1) is 12.1 Å². The first-order valence-corrected chi connectivity index (χ1v) is 4.90. The minimum atomic E-state index is 0.629. The minimum Gasteiger partial charge on any atom is -0.495 e. The zero-order chi connectivity index (χ0) is 9.68. The SMILES string of the molecule is COc1ccc(C=CCS)cc1Cl. The van der Waals surface area contributed by atoms with Crippen molar-refractivity contribution in [1.29, 1.82) is 0 Å². The van der Waals surface area contributed by atoms with Crippen LogP contribution in [0.15, 0.2) is 24.3 Å². The second-order valence-corrected chi connectivity index (χ2v) is 3.25. The molecule has 0 aliphatic carbocycles. The van der Waals surface area contributed by atoms with Gasteiger partial charge in [0.15, 0.2) is 0 Å². The predicted octanol–water partition coefficient (Wildman–Crippen LogP) is 3.29. The van der Waals surface area contributed by atoms with E-state index < -0.39 is 0 Å². The molecular formula is C10H11ClOS. The van der Waals surface area contributed by atoms with Gasteiger partial charge in [-0.25, -0.2) is 0 Å². The molecule has 0 atom stereocenters. The van der Waals surface area contributed by atoms with Crippen LogP contribution in [0.5, 0.6) is 5.75 Å². The first-order chi connectivity index (χ1) is 6.27. The Morgan fingerprint density at radius 2 is 2.31 bits per heavy atom. The molecule has 0 amide bonds. The van der Waals surface area contributed by atoms with Gasteiger partial charge in [0.1, 0.15) is 5.75 Å². The summed E-state index contributed by atoms with van der Waals surface area (Å²) in [7, 11) is 1.60. The Morgan fingerprint density at radius 3 is 2.85 bits per heavy atom. The lowest BCUT2D eigenvalue weighted by atomic mass is 10.2. The van der Waals surface area contributed by atoms with Crippen LogP contribution in [0.4, 0.5) is 0 Å². The van der Waals surface area contributed by atoms with Gasteiger partial charge in [0.25, 0.3) is 0 Å². The van der Waals surface area contributed by atoms with Gasteiger partial charge in [-0.15, -0.1) is 0 Å². The van der Waals surface area contributed by atoms with Crippen molar-refractivity contribution < 1.29 is 4.74 Å². The van der Waals surface area contributed by atoms with Crippen molar-refractivity contribution in [2.24, 2.45) is 0 Å². The van der Waals surface area contributed by atoms with Crippen molar-refractivity contribution in [3.8, 4) is 5.75 Å². The van der Waals surface area contributed by atoms with Crippen LogP contribution < -0.4 is 4.74 Å². The first kappa shape index (κ1) is 10.5. The molecule has 0 spiro atoms. The first-order valence-electron chi connectivity index (χ1n) is 3.89. The van der Waals surface area contributed by atoms with Crippen LogP contribution in [0.2, 0.25) is 5.02 Å². The molecular weight excluding hydrogens is 204 g/mol. The lowest BCUT2D eigenvalue weighted by Crippen LogP contribution is -1.84. The molecule has 0 saturated carbocycles. The molecule has 1 aromatic rings. The summed E-state index contributed by atoms with van der Waals surface area (Å²) in [6.45, 7) is 0. The van der Waals surface area contributed by atoms with Gasteiger partial charge >= 0.3 is 0 Å². The molecule has 1 nitrogen and oxygen atoms in total. The number of ether oxygens (including phenoxy) is 1. The Bertz CT molecular complexity index is 310. The molecule has 0 aromatic heterocycles. The van der Waals surface area contributed by atoms with Crippen molar-refractivity contribution in [1.82, 2.24) is 0 Å². The van der Waals surface area contributed by atoms with E-state index in [0.29, 0.717) is 10.8 Å². The number of thiol groups is 1. The van der Waals surface area contributed by atoms with Crippen LogP contribution in [-0.4, -0.2) is 12.9 Å². The average Bonchev–Trinajstić information content (AvgIpc) is 2.15. The number of halogens is 1. The molecule has 0 unspecified atom stereocenters. The van der Waals surface area contributed by atoms with E-state index in [1.165, 1.54) is 0 Å². The van der Waals surface area contributed by atoms with Crippen LogP contribution in [0.1, 0.15) is 5.56 Å². The Kier molecular flexibility index (Phi) is 4.19. The lowest BCUT2D eigenvalue weighted by molar-refractivity contribution is 0.415. The highest BCUT2D eigenvalue weighted by atomic mass is 35.5. The zero-order valence-corrected chi connectivity index (χ0v) is 8.98.